The van der Waals surface area contributed by atoms with Crippen molar-refractivity contribution in [1.29, 1.82) is 0 Å². The first kappa shape index (κ1) is 19.8. The van der Waals surface area contributed by atoms with Crippen molar-refractivity contribution in [3.8, 4) is 0 Å². The number of nitro benzene ring substituents is 1. The Balaban J connectivity index is 2.02. The van der Waals surface area contributed by atoms with E-state index < -0.39 is 10.8 Å². The molecule has 2 amide bonds. The minimum Gasteiger partial charge on any atom is -0.370 e. The third kappa shape index (κ3) is 6.74. The molecule has 140 valence electrons. The zero-order valence-electron chi connectivity index (χ0n) is 14.8. The van der Waals surface area contributed by atoms with Crippen LogP contribution in [-0.4, -0.2) is 34.7 Å². The van der Waals surface area contributed by atoms with Gasteiger partial charge in [0.1, 0.15) is 0 Å². The number of benzene rings is 2. The summed E-state index contributed by atoms with van der Waals surface area (Å²) in [5, 5.41) is 10.7. The Labute approximate surface area is 157 Å². The van der Waals surface area contributed by atoms with E-state index in [1.807, 2.05) is 30.3 Å². The Bertz CT molecular complexity index is 817. The van der Waals surface area contributed by atoms with Gasteiger partial charge in [-0.3, -0.25) is 19.7 Å². The highest BCUT2D eigenvalue weighted by Gasteiger charge is 2.12. The first-order valence-corrected chi connectivity index (χ1v) is 8.49. The van der Waals surface area contributed by atoms with Gasteiger partial charge >= 0.3 is 0 Å². The molecule has 0 bridgehead atoms. The van der Waals surface area contributed by atoms with Gasteiger partial charge in [-0.1, -0.05) is 30.3 Å². The molecule has 0 aromatic heterocycles. The highest BCUT2D eigenvalue weighted by atomic mass is 16.6. The number of primary amides is 1. The molecule has 0 heterocycles. The van der Waals surface area contributed by atoms with E-state index in [9.17, 15) is 19.7 Å². The van der Waals surface area contributed by atoms with Crippen LogP contribution in [0.5, 0.6) is 0 Å². The zero-order chi connectivity index (χ0) is 19.6. The number of rotatable bonds is 9. The highest BCUT2D eigenvalue weighted by Crippen LogP contribution is 2.13. The molecule has 2 N–H and O–H groups in total. The number of carbonyl (C=O) groups excluding carboxylic acids is 2. The number of hydrogen-bond acceptors (Lipinski definition) is 4. The number of amides is 2. The molecule has 27 heavy (non-hydrogen) atoms. The predicted octanol–water partition coefficient (Wildman–Crippen LogP) is 2.55. The van der Waals surface area contributed by atoms with Crippen molar-refractivity contribution >= 4 is 23.6 Å². The molecule has 7 heteroatoms. The third-order valence-corrected chi connectivity index (χ3v) is 3.98. The second-order valence-electron chi connectivity index (χ2n) is 5.96. The van der Waals surface area contributed by atoms with Crippen LogP contribution in [0.2, 0.25) is 0 Å². The van der Waals surface area contributed by atoms with E-state index in [1.165, 1.54) is 18.2 Å². The summed E-state index contributed by atoms with van der Waals surface area (Å²) in [6, 6.07) is 15.6. The quantitative estimate of drug-likeness (QED) is 0.417. The topological polar surface area (TPSA) is 107 Å². The van der Waals surface area contributed by atoms with Gasteiger partial charge in [-0.15, -0.1) is 0 Å². The van der Waals surface area contributed by atoms with Gasteiger partial charge in [-0.25, -0.2) is 0 Å². The lowest BCUT2D eigenvalue weighted by molar-refractivity contribution is -0.384. The van der Waals surface area contributed by atoms with Gasteiger partial charge in [-0.05, 0) is 35.8 Å². The monoisotopic (exact) mass is 367 g/mol. The van der Waals surface area contributed by atoms with Gasteiger partial charge in [0.05, 0.1) is 4.92 Å². The molecule has 2 rings (SSSR count). The van der Waals surface area contributed by atoms with Crippen molar-refractivity contribution in [1.82, 2.24) is 4.90 Å². The summed E-state index contributed by atoms with van der Waals surface area (Å²) < 4.78 is 0. The molecule has 0 saturated carbocycles. The molecular formula is C20H21N3O4. The SMILES string of the molecule is NC(=O)CCN(CCc1ccccc1)C(=O)/C=C/c1ccc([N+](=O)[O-])cc1. The van der Waals surface area contributed by atoms with Crippen molar-refractivity contribution < 1.29 is 14.5 Å². The number of nitro groups is 1. The van der Waals surface area contributed by atoms with Crippen LogP contribution in [0.3, 0.4) is 0 Å². The zero-order valence-corrected chi connectivity index (χ0v) is 14.8. The molecule has 0 aliphatic carbocycles. The Morgan fingerprint density at radius 2 is 1.70 bits per heavy atom. The van der Waals surface area contributed by atoms with Gasteiger partial charge in [0.15, 0.2) is 0 Å². The van der Waals surface area contributed by atoms with Gasteiger partial charge in [0, 0.05) is 37.7 Å². The molecule has 0 atom stereocenters. The summed E-state index contributed by atoms with van der Waals surface area (Å²) >= 11 is 0. The Morgan fingerprint density at radius 3 is 2.30 bits per heavy atom. The Kier molecular flexibility index (Phi) is 7.25. The van der Waals surface area contributed by atoms with Crippen molar-refractivity contribution in [3.63, 3.8) is 0 Å². The minimum atomic E-state index is -0.478. The Hall–Kier alpha value is -3.48. The second kappa shape index (κ2) is 9.86. The average molecular weight is 367 g/mol. The van der Waals surface area contributed by atoms with E-state index in [2.05, 4.69) is 0 Å². The molecular weight excluding hydrogens is 346 g/mol. The van der Waals surface area contributed by atoms with Gasteiger partial charge < -0.3 is 10.6 Å². The summed E-state index contributed by atoms with van der Waals surface area (Å²) in [7, 11) is 0. The first-order chi connectivity index (χ1) is 13.0. The molecule has 0 saturated heterocycles. The lowest BCUT2D eigenvalue weighted by Crippen LogP contribution is -2.34. The molecule has 2 aromatic rings. The first-order valence-electron chi connectivity index (χ1n) is 8.49. The maximum absolute atomic E-state index is 12.5. The maximum Gasteiger partial charge on any atom is 0.269 e. The standard InChI is InChI=1S/C20H21N3O4/c21-19(24)13-15-22(14-12-16-4-2-1-3-5-16)20(25)11-8-17-6-9-18(10-7-17)23(26)27/h1-11H,12-15H2,(H2,21,24)/b11-8+. The number of nitrogens with two attached hydrogens (primary N) is 1. The summed E-state index contributed by atoms with van der Waals surface area (Å²) in [6.07, 6.45) is 3.74. The summed E-state index contributed by atoms with van der Waals surface area (Å²) in [4.78, 5) is 35.3. The fraction of sp³-hybridized carbons (Fsp3) is 0.200. The smallest absolute Gasteiger partial charge is 0.269 e. The van der Waals surface area contributed by atoms with Crippen LogP contribution in [-0.2, 0) is 16.0 Å². The number of nitrogens with zero attached hydrogens (tertiary/aromatic N) is 2. The van der Waals surface area contributed by atoms with Crippen molar-refractivity contribution in [2.75, 3.05) is 13.1 Å². The molecule has 7 nitrogen and oxygen atoms in total. The number of hydrogen-bond donors (Lipinski definition) is 1. The van der Waals surface area contributed by atoms with E-state index in [-0.39, 0.29) is 24.6 Å². The average Bonchev–Trinajstić information content (AvgIpc) is 2.67. The maximum atomic E-state index is 12.5. The van der Waals surface area contributed by atoms with Crippen LogP contribution in [0.4, 0.5) is 5.69 Å². The van der Waals surface area contributed by atoms with Crippen LogP contribution >= 0.6 is 0 Å². The minimum absolute atomic E-state index is 0.00979. The van der Waals surface area contributed by atoms with Crippen LogP contribution in [0.15, 0.2) is 60.7 Å². The summed E-state index contributed by atoms with van der Waals surface area (Å²) in [6.45, 7) is 0.701. The Morgan fingerprint density at radius 1 is 1.04 bits per heavy atom. The van der Waals surface area contributed by atoms with E-state index in [0.717, 1.165) is 5.56 Å². The fourth-order valence-corrected chi connectivity index (χ4v) is 2.47. The lowest BCUT2D eigenvalue weighted by atomic mass is 10.1. The molecule has 0 aliphatic rings. The van der Waals surface area contributed by atoms with Crippen LogP contribution in [0.1, 0.15) is 17.5 Å². The highest BCUT2D eigenvalue weighted by molar-refractivity contribution is 5.92. The van der Waals surface area contributed by atoms with Crippen molar-refractivity contribution in [2.45, 2.75) is 12.8 Å². The predicted molar refractivity (Wildman–Crippen MR) is 103 cm³/mol. The van der Waals surface area contributed by atoms with E-state index in [0.29, 0.717) is 18.5 Å². The molecule has 0 spiro atoms. The molecule has 0 aliphatic heterocycles. The molecule has 2 aromatic carbocycles. The lowest BCUT2D eigenvalue weighted by Gasteiger charge is -2.20. The number of non-ortho nitro benzene ring substituents is 1. The van der Waals surface area contributed by atoms with Crippen LogP contribution in [0, 0.1) is 10.1 Å². The number of carbonyl (C=O) groups is 2. The second-order valence-corrected chi connectivity index (χ2v) is 5.96. The van der Waals surface area contributed by atoms with Gasteiger partial charge in [-0.2, -0.15) is 0 Å². The molecule has 0 radical (unpaired) electrons. The van der Waals surface area contributed by atoms with Gasteiger partial charge in [0.2, 0.25) is 11.8 Å². The third-order valence-electron chi connectivity index (χ3n) is 3.98. The van der Waals surface area contributed by atoms with Gasteiger partial charge in [0.25, 0.3) is 5.69 Å². The molecule has 0 fully saturated rings. The largest absolute Gasteiger partial charge is 0.370 e. The molecule has 0 unspecified atom stereocenters. The van der Waals surface area contributed by atoms with E-state index in [4.69, 9.17) is 5.73 Å². The van der Waals surface area contributed by atoms with E-state index in [1.54, 1.807) is 23.1 Å². The summed E-state index contributed by atoms with van der Waals surface area (Å²) in [5.41, 5.74) is 6.96. The van der Waals surface area contributed by atoms with Crippen LogP contribution < -0.4 is 5.73 Å². The summed E-state index contributed by atoms with van der Waals surface area (Å²) in [5.74, 6) is -0.711. The van der Waals surface area contributed by atoms with E-state index >= 15 is 0 Å². The van der Waals surface area contributed by atoms with Crippen molar-refractivity contribution in [3.05, 3.63) is 81.9 Å². The van der Waals surface area contributed by atoms with Crippen LogP contribution in [0.25, 0.3) is 6.08 Å². The fourth-order valence-electron chi connectivity index (χ4n) is 2.47. The normalized spacial score (nSPS) is 10.7. The van der Waals surface area contributed by atoms with Crippen molar-refractivity contribution in [2.24, 2.45) is 5.73 Å².